The Morgan fingerprint density at radius 1 is 1.05 bits per heavy atom. The molecule has 232 valence electrons. The zero-order valence-corrected chi connectivity index (χ0v) is 26.5. The number of ketones is 1. The number of rotatable bonds is 11. The van der Waals surface area contributed by atoms with Crippen LogP contribution in [0.25, 0.3) is 0 Å². The number of carbonyl (C=O) groups is 2. The van der Waals surface area contributed by atoms with Crippen LogP contribution in [0.15, 0.2) is 71.2 Å². The van der Waals surface area contributed by atoms with E-state index in [-0.39, 0.29) is 35.2 Å². The average Bonchev–Trinajstić information content (AvgIpc) is 3.52. The first kappa shape index (κ1) is 33.1. The van der Waals surface area contributed by atoms with Crippen LogP contribution >= 0.6 is 23.7 Å². The normalized spacial score (nSPS) is 22.7. The van der Waals surface area contributed by atoms with Crippen LogP contribution in [-0.4, -0.2) is 43.8 Å². The number of aryl methyl sites for hydroxylation is 1. The third-order valence-corrected chi connectivity index (χ3v) is 10.7. The molecular weight excluding hydrogens is 606 g/mol. The second kappa shape index (κ2) is 14.8. The summed E-state index contributed by atoms with van der Waals surface area (Å²) >= 11 is 1.62. The molecule has 3 atom stereocenters. The highest BCUT2D eigenvalue weighted by atomic mass is 35.5. The number of pyridine rings is 1. The molecular formula is C31H40ClN5O4S2. The van der Waals surface area contributed by atoms with Gasteiger partial charge >= 0.3 is 0 Å². The number of nitrogens with zero attached hydrogens (tertiary/aromatic N) is 1. The molecule has 1 aliphatic carbocycles. The molecule has 0 bridgehead atoms. The van der Waals surface area contributed by atoms with Gasteiger partial charge in [-0.05, 0) is 79.9 Å². The molecule has 1 saturated carbocycles. The monoisotopic (exact) mass is 645 g/mol. The first-order chi connectivity index (χ1) is 20.3. The van der Waals surface area contributed by atoms with Crippen LogP contribution in [0.2, 0.25) is 0 Å². The maximum atomic E-state index is 14.3. The van der Waals surface area contributed by atoms with E-state index in [4.69, 9.17) is 5.73 Å². The molecule has 0 radical (unpaired) electrons. The van der Waals surface area contributed by atoms with Crippen molar-refractivity contribution in [2.24, 2.45) is 17.1 Å². The predicted molar refractivity (Wildman–Crippen MR) is 172 cm³/mol. The van der Waals surface area contributed by atoms with Crippen molar-refractivity contribution < 1.29 is 18.0 Å². The van der Waals surface area contributed by atoms with Crippen molar-refractivity contribution in [1.82, 2.24) is 15.6 Å². The Hall–Kier alpha value is -2.83. The maximum Gasteiger partial charge on any atom is 0.279 e. The molecule has 9 nitrogen and oxygen atoms in total. The van der Waals surface area contributed by atoms with Gasteiger partial charge in [0.05, 0.1) is 17.5 Å². The number of sulfonamides is 1. The maximum absolute atomic E-state index is 14.3. The molecule has 12 heteroatoms. The lowest BCUT2D eigenvalue weighted by Gasteiger charge is -2.46. The second-order valence-corrected chi connectivity index (χ2v) is 14.0. The first-order valence-electron chi connectivity index (χ1n) is 14.6. The number of nitrogens with one attached hydrogen (secondary N) is 3. The van der Waals surface area contributed by atoms with Gasteiger partial charge in [0.2, 0.25) is 5.91 Å². The molecule has 3 unspecified atom stereocenters. The summed E-state index contributed by atoms with van der Waals surface area (Å²) in [5.41, 5.74) is 6.78. The van der Waals surface area contributed by atoms with Crippen molar-refractivity contribution >= 4 is 51.1 Å². The molecule has 5 rings (SSSR count). The van der Waals surface area contributed by atoms with E-state index in [2.05, 4.69) is 20.3 Å². The second-order valence-electron chi connectivity index (χ2n) is 11.4. The Morgan fingerprint density at radius 3 is 2.49 bits per heavy atom. The predicted octanol–water partition coefficient (Wildman–Crippen LogP) is 4.44. The van der Waals surface area contributed by atoms with E-state index >= 15 is 0 Å². The number of benzene rings is 1. The zero-order valence-electron chi connectivity index (χ0n) is 24.0. The minimum Gasteiger partial charge on any atom is -0.353 e. The first-order valence-corrected chi connectivity index (χ1v) is 17.0. The van der Waals surface area contributed by atoms with Crippen LogP contribution in [-0.2, 0) is 32.5 Å². The van der Waals surface area contributed by atoms with Gasteiger partial charge in [-0.25, -0.2) is 4.98 Å². The van der Waals surface area contributed by atoms with Crippen molar-refractivity contribution in [1.29, 1.82) is 0 Å². The van der Waals surface area contributed by atoms with E-state index in [0.29, 0.717) is 37.9 Å². The number of hydrogen-bond acceptors (Lipinski definition) is 8. The average molecular weight is 646 g/mol. The Labute approximate surface area is 263 Å². The fourth-order valence-corrected chi connectivity index (χ4v) is 8.04. The van der Waals surface area contributed by atoms with Crippen LogP contribution in [0.3, 0.4) is 0 Å². The Kier molecular flexibility index (Phi) is 11.4. The number of nitrogens with two attached hydrogens (primary N) is 1. The van der Waals surface area contributed by atoms with Crippen LogP contribution in [0, 0.1) is 11.3 Å². The number of carbonyl (C=O) groups excluding carboxylic acids is 2. The molecule has 5 N–H and O–H groups in total. The summed E-state index contributed by atoms with van der Waals surface area (Å²) in [5, 5.41) is 8.49. The van der Waals surface area contributed by atoms with Crippen LogP contribution < -0.4 is 21.1 Å². The molecule has 1 saturated heterocycles. The number of thiophene rings is 1. The van der Waals surface area contributed by atoms with Gasteiger partial charge in [0.25, 0.3) is 10.0 Å². The lowest BCUT2D eigenvalue weighted by atomic mass is 9.63. The summed E-state index contributed by atoms with van der Waals surface area (Å²) in [5.74, 6) is -0.820. The standard InChI is InChI=1S/C31H39N5O4S2.ClH/c32-29-28(26(37)16-15-25-9-6-20-41-25)31(17-19-34-29,30(38)35-23-7-2-1-3-8-23)21-22-11-13-24(14-12-22)36-42(39,40)27-10-4-5-18-33-27;/h4-6,9-14,18,20,23,28-29,34,36H,1-3,7-8,15-17,19,21,32H2,(H,35,38);1H. The fraction of sp³-hybridized carbons (Fsp3) is 0.452. The van der Waals surface area contributed by atoms with Gasteiger partial charge in [0, 0.05) is 29.2 Å². The largest absolute Gasteiger partial charge is 0.353 e. The minimum atomic E-state index is -3.84. The summed E-state index contributed by atoms with van der Waals surface area (Å²) in [4.78, 5) is 33.2. The Morgan fingerprint density at radius 2 is 1.81 bits per heavy atom. The Bertz CT molecular complexity index is 1450. The molecule has 2 aromatic heterocycles. The third-order valence-electron chi connectivity index (χ3n) is 8.48. The quantitative estimate of drug-likeness (QED) is 0.241. The highest BCUT2D eigenvalue weighted by Crippen LogP contribution is 2.42. The van der Waals surface area contributed by atoms with Gasteiger partial charge in [-0.2, -0.15) is 8.42 Å². The molecule has 43 heavy (non-hydrogen) atoms. The van der Waals surface area contributed by atoms with Crippen molar-refractivity contribution in [3.63, 3.8) is 0 Å². The topological polar surface area (TPSA) is 143 Å². The molecule has 1 aromatic carbocycles. The lowest BCUT2D eigenvalue weighted by molar-refractivity contribution is -0.146. The van der Waals surface area contributed by atoms with Crippen molar-refractivity contribution in [2.75, 3.05) is 11.3 Å². The molecule has 1 aliphatic heterocycles. The molecule has 1 amide bonds. The smallest absolute Gasteiger partial charge is 0.279 e. The number of aromatic nitrogens is 1. The number of anilines is 1. The van der Waals surface area contributed by atoms with E-state index in [0.717, 1.165) is 36.1 Å². The van der Waals surface area contributed by atoms with Crippen LogP contribution in [0.1, 0.15) is 55.4 Å². The number of piperidine rings is 1. The van der Waals surface area contributed by atoms with Gasteiger partial charge in [0.15, 0.2) is 5.03 Å². The summed E-state index contributed by atoms with van der Waals surface area (Å²) in [6.45, 7) is 0.524. The van der Waals surface area contributed by atoms with E-state index < -0.39 is 27.5 Å². The third kappa shape index (κ3) is 8.02. The molecule has 2 aliphatic rings. The van der Waals surface area contributed by atoms with Gasteiger partial charge in [-0.1, -0.05) is 43.5 Å². The summed E-state index contributed by atoms with van der Waals surface area (Å²) in [6.07, 6.45) is 7.73. The van der Waals surface area contributed by atoms with E-state index in [1.54, 1.807) is 35.6 Å². The number of amides is 1. The molecule has 3 heterocycles. The molecule has 3 aromatic rings. The van der Waals surface area contributed by atoms with Crippen molar-refractivity contribution in [3.05, 3.63) is 76.6 Å². The molecule has 2 fully saturated rings. The summed E-state index contributed by atoms with van der Waals surface area (Å²) in [6, 6.07) is 15.8. The number of halogens is 1. The van der Waals surface area contributed by atoms with Crippen molar-refractivity contribution in [3.8, 4) is 0 Å². The summed E-state index contributed by atoms with van der Waals surface area (Å²) < 4.78 is 28.1. The van der Waals surface area contributed by atoms with Gasteiger partial charge in [-0.15, -0.1) is 23.7 Å². The van der Waals surface area contributed by atoms with E-state index in [1.807, 2.05) is 29.6 Å². The van der Waals surface area contributed by atoms with Gasteiger partial charge in [-0.3, -0.25) is 14.3 Å². The highest BCUT2D eigenvalue weighted by molar-refractivity contribution is 7.92. The van der Waals surface area contributed by atoms with Gasteiger partial charge in [0.1, 0.15) is 5.78 Å². The fourth-order valence-electron chi connectivity index (χ4n) is 6.32. The summed E-state index contributed by atoms with van der Waals surface area (Å²) in [7, 11) is -3.84. The number of hydrogen-bond donors (Lipinski definition) is 4. The number of Topliss-reactive ketones (excluding diaryl/α,β-unsaturated/α-hetero) is 1. The Balaban J connectivity index is 0.00000423. The lowest BCUT2D eigenvalue weighted by Crippen LogP contribution is -2.65. The van der Waals surface area contributed by atoms with E-state index in [1.165, 1.54) is 18.7 Å². The minimum absolute atomic E-state index is 0. The molecule has 0 spiro atoms. The zero-order chi connectivity index (χ0) is 29.6. The van der Waals surface area contributed by atoms with Gasteiger partial charge < -0.3 is 16.4 Å². The highest BCUT2D eigenvalue weighted by Gasteiger charge is 2.53. The van der Waals surface area contributed by atoms with Crippen molar-refractivity contribution in [2.45, 2.75) is 75.0 Å². The van der Waals surface area contributed by atoms with Crippen LogP contribution in [0.4, 0.5) is 5.69 Å². The van der Waals surface area contributed by atoms with E-state index in [9.17, 15) is 18.0 Å². The van der Waals surface area contributed by atoms with Crippen LogP contribution in [0.5, 0.6) is 0 Å². The SMILES string of the molecule is Cl.NC1NCCC(Cc2ccc(NS(=O)(=O)c3ccccn3)cc2)(C(=O)NC2CCCCC2)C1C(=O)CCc1cccs1.